The van der Waals surface area contributed by atoms with Crippen LogP contribution in [0.3, 0.4) is 0 Å². The third-order valence-electron chi connectivity index (χ3n) is 0.740. The normalized spacial score (nSPS) is 7.92. The number of hydrazine groups is 1. The first-order valence-corrected chi connectivity index (χ1v) is 4.03. The number of halogens is 2. The number of nitrogens with zero attached hydrogens (tertiary/aromatic N) is 1. The Balaban J connectivity index is 0.000000261. The van der Waals surface area contributed by atoms with Gasteiger partial charge in [0.15, 0.2) is 0 Å². The van der Waals surface area contributed by atoms with Gasteiger partial charge in [-0.15, -0.1) is 0 Å². The number of nitrogens with two attached hydrogens (primary N) is 1. The third-order valence-corrected chi connectivity index (χ3v) is 1.38. The van der Waals surface area contributed by atoms with Crippen LogP contribution in [0.5, 0.6) is 0 Å². The zero-order valence-electron chi connectivity index (χ0n) is 6.00. The molecule has 0 saturated carbocycles. The molecule has 1 amide bonds. The molecule has 0 aliphatic carbocycles. The molecule has 0 radical (unpaired) electrons. The molecule has 12 heavy (non-hydrogen) atoms. The first kappa shape index (κ1) is 11.4. The summed E-state index contributed by atoms with van der Waals surface area (Å²) in [5, 5.41) is 0.652. The molecular formula is C6H7BrClN3O. The second-order valence-electron chi connectivity index (χ2n) is 1.61. The summed E-state index contributed by atoms with van der Waals surface area (Å²) in [6, 6.07) is 1.79. The quantitative estimate of drug-likeness (QED) is 0.340. The van der Waals surface area contributed by atoms with Crippen molar-refractivity contribution in [1.29, 1.82) is 0 Å². The third kappa shape index (κ3) is 6.09. The van der Waals surface area contributed by atoms with E-state index in [1.807, 2.05) is 0 Å². The van der Waals surface area contributed by atoms with Gasteiger partial charge in [-0.2, -0.15) is 0 Å². The number of aromatic nitrogens is 1. The summed E-state index contributed by atoms with van der Waals surface area (Å²) < 4.78 is 0.907. The van der Waals surface area contributed by atoms with Crippen molar-refractivity contribution in [2.24, 2.45) is 5.84 Å². The smallest absolute Gasteiger partial charge is 0.221 e. The lowest BCUT2D eigenvalue weighted by Crippen LogP contribution is -2.18. The average Bonchev–Trinajstić information content (AvgIpc) is 2.04. The van der Waals surface area contributed by atoms with E-state index < -0.39 is 0 Å². The average molecular weight is 252 g/mol. The van der Waals surface area contributed by atoms with Gasteiger partial charge in [-0.3, -0.25) is 15.2 Å². The van der Waals surface area contributed by atoms with Crippen molar-refractivity contribution in [2.45, 2.75) is 0 Å². The number of carbonyl (C=O) groups excluding carboxylic acids is 1. The zero-order valence-corrected chi connectivity index (χ0v) is 8.34. The van der Waals surface area contributed by atoms with Crippen LogP contribution in [0.15, 0.2) is 22.9 Å². The molecule has 1 aromatic heterocycles. The van der Waals surface area contributed by atoms with Gasteiger partial charge in [0.25, 0.3) is 0 Å². The van der Waals surface area contributed by atoms with Crippen LogP contribution < -0.4 is 11.3 Å². The van der Waals surface area contributed by atoms with Crippen molar-refractivity contribution in [1.82, 2.24) is 10.4 Å². The molecule has 1 aromatic rings. The Morgan fingerprint density at radius 2 is 2.25 bits per heavy atom. The fraction of sp³-hybridized carbons (Fsp3) is 0. The second kappa shape index (κ2) is 7.02. The first-order chi connectivity index (χ1) is 5.70. The van der Waals surface area contributed by atoms with Gasteiger partial charge in [-0.25, -0.2) is 5.84 Å². The van der Waals surface area contributed by atoms with Crippen LogP contribution in [0.1, 0.15) is 0 Å². The number of nitrogens with one attached hydrogen (secondary N) is 1. The monoisotopic (exact) mass is 251 g/mol. The molecule has 0 fully saturated rings. The van der Waals surface area contributed by atoms with Gasteiger partial charge in [0, 0.05) is 16.9 Å². The Hall–Kier alpha value is -0.650. The largest absolute Gasteiger partial charge is 0.297 e. The van der Waals surface area contributed by atoms with Gasteiger partial charge in [-0.1, -0.05) is 11.6 Å². The fourth-order valence-electron chi connectivity index (χ4n) is 0.386. The number of hydrogen-bond donors (Lipinski definition) is 2. The predicted octanol–water partition coefficient (Wildman–Crippen LogP) is 1.10. The Labute approximate surface area is 83.2 Å². The maximum atomic E-state index is 8.94. The summed E-state index contributed by atoms with van der Waals surface area (Å²) in [5.74, 6) is 4.41. The van der Waals surface area contributed by atoms with Crippen LogP contribution in [-0.4, -0.2) is 11.4 Å². The van der Waals surface area contributed by atoms with Crippen LogP contribution in [0.4, 0.5) is 0 Å². The molecular weight excluding hydrogens is 245 g/mol. The van der Waals surface area contributed by atoms with Crippen LogP contribution in [0.2, 0.25) is 5.02 Å². The summed E-state index contributed by atoms with van der Waals surface area (Å²) in [4.78, 5) is 12.7. The molecule has 0 unspecified atom stereocenters. The second-order valence-corrected chi connectivity index (χ2v) is 2.96. The van der Waals surface area contributed by atoms with Gasteiger partial charge < -0.3 is 0 Å². The molecule has 0 aliphatic rings. The minimum atomic E-state index is 0.403. The van der Waals surface area contributed by atoms with Gasteiger partial charge in [0.1, 0.15) is 0 Å². The SMILES string of the molecule is Clc1cncc(Br)c1.NNC=O. The van der Waals surface area contributed by atoms with Crippen molar-refractivity contribution in [3.05, 3.63) is 28.0 Å². The standard InChI is InChI=1S/C5H3BrClN.CH4N2O/c6-4-1-5(7)3-8-2-4;2-3-1-4/h1-3H;1H,2H2,(H,3,4). The number of rotatable bonds is 1. The topological polar surface area (TPSA) is 68.0 Å². The molecule has 0 aromatic carbocycles. The number of amides is 1. The summed E-state index contributed by atoms with van der Waals surface area (Å²) in [6.45, 7) is 0. The molecule has 1 heterocycles. The van der Waals surface area contributed by atoms with E-state index in [0.29, 0.717) is 11.4 Å². The number of pyridine rings is 1. The molecule has 0 saturated heterocycles. The van der Waals surface area contributed by atoms with Crippen molar-refractivity contribution in [2.75, 3.05) is 0 Å². The number of carbonyl (C=O) groups is 1. The lowest BCUT2D eigenvalue weighted by atomic mass is 10.5. The highest BCUT2D eigenvalue weighted by molar-refractivity contribution is 9.10. The highest BCUT2D eigenvalue weighted by atomic mass is 79.9. The lowest BCUT2D eigenvalue weighted by molar-refractivity contribution is -0.109. The Morgan fingerprint density at radius 1 is 1.67 bits per heavy atom. The summed E-state index contributed by atoms with van der Waals surface area (Å²) in [7, 11) is 0. The predicted molar refractivity (Wildman–Crippen MR) is 50.3 cm³/mol. The Kier molecular flexibility index (Phi) is 6.64. The van der Waals surface area contributed by atoms with Gasteiger partial charge >= 0.3 is 0 Å². The summed E-state index contributed by atoms with van der Waals surface area (Å²) in [6.07, 6.45) is 3.68. The Bertz CT molecular complexity index is 229. The minimum absolute atomic E-state index is 0.403. The zero-order chi connectivity index (χ0) is 9.40. The molecule has 0 atom stereocenters. The van der Waals surface area contributed by atoms with E-state index >= 15 is 0 Å². The molecule has 1 rings (SSSR count). The van der Waals surface area contributed by atoms with Gasteiger partial charge in [-0.05, 0) is 22.0 Å². The maximum absolute atomic E-state index is 8.94. The molecule has 6 heteroatoms. The fourth-order valence-corrected chi connectivity index (χ4v) is 1.06. The van der Waals surface area contributed by atoms with Gasteiger partial charge in [0.2, 0.25) is 6.41 Å². The van der Waals surface area contributed by atoms with Crippen molar-refractivity contribution in [3.63, 3.8) is 0 Å². The van der Waals surface area contributed by atoms with Crippen LogP contribution in [0, 0.1) is 0 Å². The van der Waals surface area contributed by atoms with Crippen molar-refractivity contribution in [3.8, 4) is 0 Å². The first-order valence-electron chi connectivity index (χ1n) is 2.86. The molecule has 0 spiro atoms. The maximum Gasteiger partial charge on any atom is 0.221 e. The van der Waals surface area contributed by atoms with E-state index in [1.54, 1.807) is 23.9 Å². The van der Waals surface area contributed by atoms with E-state index in [1.165, 1.54) is 0 Å². The van der Waals surface area contributed by atoms with E-state index in [-0.39, 0.29) is 0 Å². The van der Waals surface area contributed by atoms with Crippen molar-refractivity contribution >= 4 is 33.9 Å². The highest BCUT2D eigenvalue weighted by Crippen LogP contribution is 2.12. The molecule has 4 nitrogen and oxygen atoms in total. The molecule has 3 N–H and O–H groups in total. The van der Waals surface area contributed by atoms with Crippen LogP contribution in [-0.2, 0) is 4.79 Å². The van der Waals surface area contributed by atoms with Crippen LogP contribution in [0.25, 0.3) is 0 Å². The van der Waals surface area contributed by atoms with Gasteiger partial charge in [0.05, 0.1) is 5.02 Å². The van der Waals surface area contributed by atoms with E-state index in [0.717, 1.165) is 4.47 Å². The summed E-state index contributed by atoms with van der Waals surface area (Å²) >= 11 is 8.77. The van der Waals surface area contributed by atoms with E-state index in [4.69, 9.17) is 16.4 Å². The molecule has 0 aliphatic heterocycles. The molecule has 66 valence electrons. The molecule has 0 bridgehead atoms. The highest BCUT2D eigenvalue weighted by Gasteiger charge is 1.85. The van der Waals surface area contributed by atoms with E-state index in [2.05, 4.69) is 26.8 Å². The number of hydrogen-bond acceptors (Lipinski definition) is 3. The lowest BCUT2D eigenvalue weighted by Gasteiger charge is -1.86. The van der Waals surface area contributed by atoms with Crippen molar-refractivity contribution < 1.29 is 4.79 Å². The summed E-state index contributed by atoms with van der Waals surface area (Å²) in [5.41, 5.74) is 1.75. The van der Waals surface area contributed by atoms with E-state index in [9.17, 15) is 0 Å². The van der Waals surface area contributed by atoms with Crippen LogP contribution >= 0.6 is 27.5 Å². The minimum Gasteiger partial charge on any atom is -0.297 e. The Morgan fingerprint density at radius 3 is 2.50 bits per heavy atom.